The quantitative estimate of drug-likeness (QED) is 0.788. The number of benzene rings is 2. The maximum atomic E-state index is 6.47. The number of hydrogen-bond acceptors (Lipinski definition) is 2. The predicted octanol–water partition coefficient (Wildman–Crippen LogP) is 4.87. The molecule has 0 aromatic heterocycles. The molecular formula is C17H20Cl2N2. The van der Waals surface area contributed by atoms with Crippen molar-refractivity contribution in [1.29, 1.82) is 0 Å². The van der Waals surface area contributed by atoms with Gasteiger partial charge in [0.05, 0.1) is 0 Å². The van der Waals surface area contributed by atoms with E-state index in [0.717, 1.165) is 56.5 Å². The lowest BCUT2D eigenvalue weighted by Gasteiger charge is -2.14. The summed E-state index contributed by atoms with van der Waals surface area (Å²) in [5, 5.41) is 1.48. The lowest BCUT2D eigenvalue weighted by molar-refractivity contribution is 1.09. The molecule has 2 rings (SSSR count). The van der Waals surface area contributed by atoms with Gasteiger partial charge >= 0.3 is 0 Å². The van der Waals surface area contributed by atoms with Crippen LogP contribution in [-0.2, 0) is 19.3 Å². The molecule has 0 saturated carbocycles. The second-order valence-electron chi connectivity index (χ2n) is 5.10. The second kappa shape index (κ2) is 6.59. The van der Waals surface area contributed by atoms with E-state index >= 15 is 0 Å². The Morgan fingerprint density at radius 2 is 1.14 bits per heavy atom. The van der Waals surface area contributed by atoms with Gasteiger partial charge in [-0.2, -0.15) is 0 Å². The highest BCUT2D eigenvalue weighted by Crippen LogP contribution is 2.33. The molecule has 0 bridgehead atoms. The first-order chi connectivity index (χ1) is 9.99. The normalized spacial score (nSPS) is 10.9. The van der Waals surface area contributed by atoms with Gasteiger partial charge in [-0.15, -0.1) is 0 Å². The summed E-state index contributed by atoms with van der Waals surface area (Å²) < 4.78 is 0. The predicted molar refractivity (Wildman–Crippen MR) is 93.3 cm³/mol. The van der Waals surface area contributed by atoms with Gasteiger partial charge < -0.3 is 11.5 Å². The summed E-state index contributed by atoms with van der Waals surface area (Å²) in [6.07, 6.45) is 2.31. The average molecular weight is 323 g/mol. The molecule has 0 unspecified atom stereocenters. The SMILES string of the molecule is CCc1c(N)ccc(Cc2ccc(N)c(CC)c2Cl)c1Cl. The van der Waals surface area contributed by atoms with Crippen LogP contribution in [0.2, 0.25) is 10.0 Å². The van der Waals surface area contributed by atoms with Gasteiger partial charge in [0.25, 0.3) is 0 Å². The first-order valence-corrected chi connectivity index (χ1v) is 7.86. The van der Waals surface area contributed by atoms with E-state index in [2.05, 4.69) is 0 Å². The summed E-state index contributed by atoms with van der Waals surface area (Å²) >= 11 is 12.9. The van der Waals surface area contributed by atoms with Gasteiger partial charge in [0.1, 0.15) is 0 Å². The van der Waals surface area contributed by atoms with Crippen LogP contribution in [0.3, 0.4) is 0 Å². The van der Waals surface area contributed by atoms with Crippen LogP contribution in [0.15, 0.2) is 24.3 Å². The monoisotopic (exact) mass is 322 g/mol. The highest BCUT2D eigenvalue weighted by Gasteiger charge is 2.13. The molecule has 0 aliphatic heterocycles. The minimum Gasteiger partial charge on any atom is -0.398 e. The van der Waals surface area contributed by atoms with E-state index in [0.29, 0.717) is 6.42 Å². The Bertz CT molecular complexity index is 609. The average Bonchev–Trinajstić information content (AvgIpc) is 2.45. The van der Waals surface area contributed by atoms with Crippen LogP contribution < -0.4 is 11.5 Å². The zero-order valence-electron chi connectivity index (χ0n) is 12.3. The highest BCUT2D eigenvalue weighted by molar-refractivity contribution is 6.33. The summed E-state index contributed by atoms with van der Waals surface area (Å²) in [7, 11) is 0. The second-order valence-corrected chi connectivity index (χ2v) is 5.85. The van der Waals surface area contributed by atoms with E-state index in [-0.39, 0.29) is 0 Å². The van der Waals surface area contributed by atoms with E-state index in [1.54, 1.807) is 0 Å². The van der Waals surface area contributed by atoms with E-state index in [1.165, 1.54) is 0 Å². The lowest BCUT2D eigenvalue weighted by atomic mass is 9.98. The number of nitrogens with two attached hydrogens (primary N) is 2. The molecule has 0 amide bonds. The van der Waals surface area contributed by atoms with E-state index < -0.39 is 0 Å². The minimum absolute atomic E-state index is 0.679. The van der Waals surface area contributed by atoms with Crippen molar-refractivity contribution in [3.05, 3.63) is 56.6 Å². The molecule has 0 atom stereocenters. The third kappa shape index (κ3) is 3.12. The van der Waals surface area contributed by atoms with Gasteiger partial charge in [-0.05, 0) is 47.2 Å². The third-order valence-electron chi connectivity index (χ3n) is 3.81. The Kier molecular flexibility index (Phi) is 5.02. The molecule has 0 fully saturated rings. The van der Waals surface area contributed by atoms with Gasteiger partial charge in [0, 0.05) is 27.8 Å². The Hall–Kier alpha value is -1.38. The molecule has 112 valence electrons. The van der Waals surface area contributed by atoms with Crippen LogP contribution >= 0.6 is 23.2 Å². The zero-order chi connectivity index (χ0) is 15.6. The van der Waals surface area contributed by atoms with Crippen LogP contribution in [0, 0.1) is 0 Å². The summed E-state index contributed by atoms with van der Waals surface area (Å²) in [5.74, 6) is 0. The number of halogens is 2. The van der Waals surface area contributed by atoms with Crippen molar-refractivity contribution in [2.75, 3.05) is 11.5 Å². The first-order valence-electron chi connectivity index (χ1n) is 7.11. The molecule has 0 saturated heterocycles. The van der Waals surface area contributed by atoms with Crippen LogP contribution in [0.4, 0.5) is 11.4 Å². The highest BCUT2D eigenvalue weighted by atomic mass is 35.5. The Morgan fingerprint density at radius 1 is 0.762 bits per heavy atom. The summed E-state index contributed by atoms with van der Waals surface area (Å²) in [6.45, 7) is 4.10. The van der Waals surface area contributed by atoms with Crippen molar-refractivity contribution in [3.63, 3.8) is 0 Å². The molecule has 0 aliphatic carbocycles. The third-order valence-corrected chi connectivity index (χ3v) is 4.75. The maximum absolute atomic E-state index is 6.47. The number of anilines is 2. The molecule has 21 heavy (non-hydrogen) atoms. The van der Waals surface area contributed by atoms with Crippen molar-refractivity contribution < 1.29 is 0 Å². The minimum atomic E-state index is 0.679. The Labute approximate surface area is 136 Å². The van der Waals surface area contributed by atoms with Crippen LogP contribution in [0.5, 0.6) is 0 Å². The molecule has 2 nitrogen and oxygen atoms in total. The zero-order valence-corrected chi connectivity index (χ0v) is 13.9. The number of nitrogen functional groups attached to an aromatic ring is 2. The lowest BCUT2D eigenvalue weighted by Crippen LogP contribution is -2.01. The van der Waals surface area contributed by atoms with Gasteiger partial charge in [-0.25, -0.2) is 0 Å². The Morgan fingerprint density at radius 3 is 1.48 bits per heavy atom. The maximum Gasteiger partial charge on any atom is 0.0493 e. The largest absolute Gasteiger partial charge is 0.398 e. The molecule has 4 heteroatoms. The van der Waals surface area contributed by atoms with Crippen LogP contribution in [-0.4, -0.2) is 0 Å². The van der Waals surface area contributed by atoms with Crippen LogP contribution in [0.25, 0.3) is 0 Å². The van der Waals surface area contributed by atoms with Gasteiger partial charge in [-0.3, -0.25) is 0 Å². The Balaban J connectivity index is 2.44. The molecular weight excluding hydrogens is 303 g/mol. The van der Waals surface area contributed by atoms with Gasteiger partial charge in [0.15, 0.2) is 0 Å². The number of hydrogen-bond donors (Lipinski definition) is 2. The molecule has 2 aromatic rings. The molecule has 0 heterocycles. The van der Waals surface area contributed by atoms with Crippen LogP contribution in [0.1, 0.15) is 36.1 Å². The van der Waals surface area contributed by atoms with Gasteiger partial charge in [0.2, 0.25) is 0 Å². The molecule has 0 spiro atoms. The standard InChI is InChI=1S/C17H20Cl2N2/c1-3-12-14(20)7-5-10(16(12)18)9-11-6-8-15(21)13(4-2)17(11)19/h5-8H,3-4,9,20-21H2,1-2H3. The van der Waals surface area contributed by atoms with Gasteiger partial charge in [-0.1, -0.05) is 49.2 Å². The van der Waals surface area contributed by atoms with Crippen molar-refractivity contribution in [2.45, 2.75) is 33.1 Å². The topological polar surface area (TPSA) is 52.0 Å². The molecule has 2 aromatic carbocycles. The summed E-state index contributed by atoms with van der Waals surface area (Å²) in [6, 6.07) is 7.75. The fourth-order valence-electron chi connectivity index (χ4n) is 2.57. The molecule has 0 radical (unpaired) electrons. The van der Waals surface area contributed by atoms with Crippen molar-refractivity contribution in [3.8, 4) is 0 Å². The van der Waals surface area contributed by atoms with E-state index in [9.17, 15) is 0 Å². The summed E-state index contributed by atoms with van der Waals surface area (Å²) in [4.78, 5) is 0. The van der Waals surface area contributed by atoms with E-state index in [4.69, 9.17) is 34.7 Å². The van der Waals surface area contributed by atoms with Crippen molar-refractivity contribution >= 4 is 34.6 Å². The van der Waals surface area contributed by atoms with E-state index in [1.807, 2.05) is 38.1 Å². The summed E-state index contributed by atoms with van der Waals surface area (Å²) in [5.41, 5.74) is 17.5. The fraction of sp³-hybridized carbons (Fsp3) is 0.294. The molecule has 4 N–H and O–H groups in total. The fourth-order valence-corrected chi connectivity index (χ4v) is 3.31. The number of rotatable bonds is 4. The smallest absolute Gasteiger partial charge is 0.0493 e. The van der Waals surface area contributed by atoms with Crippen molar-refractivity contribution in [1.82, 2.24) is 0 Å². The first kappa shape index (κ1) is 16.0. The molecule has 0 aliphatic rings. The van der Waals surface area contributed by atoms with Crippen molar-refractivity contribution in [2.24, 2.45) is 0 Å².